The van der Waals surface area contributed by atoms with E-state index in [0.717, 1.165) is 10.7 Å². The number of rotatable bonds is 3. The van der Waals surface area contributed by atoms with Crippen molar-refractivity contribution in [2.24, 2.45) is 5.73 Å². The van der Waals surface area contributed by atoms with Crippen LogP contribution in [0.15, 0.2) is 17.5 Å². The first-order valence-electron chi connectivity index (χ1n) is 6.68. The summed E-state index contributed by atoms with van der Waals surface area (Å²) in [5.74, 6) is 0.456. The molecule has 1 aromatic heterocycles. The van der Waals surface area contributed by atoms with Crippen molar-refractivity contribution < 1.29 is 0 Å². The first-order valence-corrected chi connectivity index (χ1v) is 7.56. The summed E-state index contributed by atoms with van der Waals surface area (Å²) in [7, 11) is 0. The first-order chi connectivity index (χ1) is 8.90. The van der Waals surface area contributed by atoms with Crippen LogP contribution < -0.4 is 5.73 Å². The van der Waals surface area contributed by atoms with Crippen LogP contribution in [-0.4, -0.2) is 4.98 Å². The highest BCUT2D eigenvalue weighted by Gasteiger charge is 2.18. The Kier molecular flexibility index (Phi) is 4.07. The molecule has 0 radical (unpaired) electrons. The van der Waals surface area contributed by atoms with E-state index in [1.165, 1.54) is 22.3 Å². The lowest BCUT2D eigenvalue weighted by atomic mass is 9.95. The van der Waals surface area contributed by atoms with Crippen LogP contribution in [0.3, 0.4) is 0 Å². The van der Waals surface area contributed by atoms with E-state index in [4.69, 9.17) is 5.73 Å². The molecule has 2 nitrogen and oxygen atoms in total. The van der Waals surface area contributed by atoms with Crippen molar-refractivity contribution in [3.05, 3.63) is 50.5 Å². The summed E-state index contributed by atoms with van der Waals surface area (Å²) in [4.78, 5) is 4.68. The Hall–Kier alpha value is -1.19. The molecule has 0 saturated heterocycles. The molecule has 0 saturated carbocycles. The third kappa shape index (κ3) is 2.88. The topological polar surface area (TPSA) is 38.9 Å². The quantitative estimate of drug-likeness (QED) is 0.909. The summed E-state index contributed by atoms with van der Waals surface area (Å²) < 4.78 is 0. The number of hydrogen-bond donors (Lipinski definition) is 1. The summed E-state index contributed by atoms with van der Waals surface area (Å²) in [6.45, 7) is 10.7. The molecule has 102 valence electrons. The number of nitrogens with zero attached hydrogens (tertiary/aromatic N) is 1. The molecule has 0 aliphatic carbocycles. The lowest BCUT2D eigenvalue weighted by Crippen LogP contribution is -2.15. The number of hydrogen-bond acceptors (Lipinski definition) is 3. The van der Waals surface area contributed by atoms with Crippen LogP contribution in [0.5, 0.6) is 0 Å². The summed E-state index contributed by atoms with van der Waals surface area (Å²) in [6, 6.07) is 4.27. The van der Waals surface area contributed by atoms with E-state index < -0.39 is 0 Å². The maximum atomic E-state index is 6.43. The second kappa shape index (κ2) is 5.43. The van der Waals surface area contributed by atoms with Gasteiger partial charge in [-0.05, 0) is 43.4 Å². The van der Waals surface area contributed by atoms with Gasteiger partial charge in [0, 0.05) is 5.38 Å². The molecule has 0 amide bonds. The van der Waals surface area contributed by atoms with E-state index in [1.807, 2.05) is 0 Å². The van der Waals surface area contributed by atoms with Crippen LogP contribution in [0.25, 0.3) is 0 Å². The van der Waals surface area contributed by atoms with E-state index in [-0.39, 0.29) is 6.04 Å². The fourth-order valence-corrected chi connectivity index (χ4v) is 3.50. The maximum Gasteiger partial charge on any atom is 0.114 e. The number of aromatic nitrogens is 1. The van der Waals surface area contributed by atoms with Crippen LogP contribution >= 0.6 is 11.3 Å². The van der Waals surface area contributed by atoms with Gasteiger partial charge in [-0.25, -0.2) is 4.98 Å². The van der Waals surface area contributed by atoms with Crippen molar-refractivity contribution in [2.45, 2.75) is 46.6 Å². The Bertz CT molecular complexity index is 561. The molecular weight excluding hydrogens is 252 g/mol. The largest absolute Gasteiger partial charge is 0.318 e. The minimum absolute atomic E-state index is 0.113. The van der Waals surface area contributed by atoms with Gasteiger partial charge in [0.15, 0.2) is 0 Å². The van der Waals surface area contributed by atoms with Gasteiger partial charge in [-0.1, -0.05) is 31.5 Å². The second-order valence-corrected chi connectivity index (χ2v) is 6.45. The van der Waals surface area contributed by atoms with Gasteiger partial charge in [-0.3, -0.25) is 0 Å². The highest BCUT2D eigenvalue weighted by molar-refractivity contribution is 7.09. The number of nitrogens with two attached hydrogens (primary N) is 1. The summed E-state index contributed by atoms with van der Waals surface area (Å²) in [5.41, 5.74) is 12.6. The first kappa shape index (κ1) is 14.2. The van der Waals surface area contributed by atoms with E-state index in [0.29, 0.717) is 5.92 Å². The molecule has 0 aliphatic rings. The van der Waals surface area contributed by atoms with Gasteiger partial charge >= 0.3 is 0 Å². The maximum absolute atomic E-state index is 6.43. The molecule has 1 aromatic carbocycles. The molecule has 1 atom stereocenters. The lowest BCUT2D eigenvalue weighted by molar-refractivity contribution is 0.789. The number of benzene rings is 1. The molecule has 2 rings (SSSR count). The predicted octanol–water partition coefficient (Wildman–Crippen LogP) is 4.24. The van der Waals surface area contributed by atoms with Crippen molar-refractivity contribution in [3.63, 3.8) is 0 Å². The third-order valence-electron chi connectivity index (χ3n) is 3.45. The van der Waals surface area contributed by atoms with Crippen LogP contribution in [-0.2, 0) is 0 Å². The van der Waals surface area contributed by atoms with Gasteiger partial charge in [-0.2, -0.15) is 0 Å². The van der Waals surface area contributed by atoms with Gasteiger partial charge in [-0.15, -0.1) is 11.3 Å². The van der Waals surface area contributed by atoms with E-state index in [9.17, 15) is 0 Å². The average Bonchev–Trinajstić information content (AvgIpc) is 2.76. The molecule has 0 fully saturated rings. The summed E-state index contributed by atoms with van der Waals surface area (Å²) >= 11 is 1.67. The number of thiazole rings is 1. The Morgan fingerprint density at radius 1 is 1.11 bits per heavy atom. The van der Waals surface area contributed by atoms with Gasteiger partial charge in [0.05, 0.1) is 11.7 Å². The Morgan fingerprint density at radius 2 is 1.68 bits per heavy atom. The second-order valence-electron chi connectivity index (χ2n) is 5.56. The summed E-state index contributed by atoms with van der Waals surface area (Å²) in [5, 5.41) is 3.14. The fourth-order valence-electron chi connectivity index (χ4n) is 2.51. The minimum atomic E-state index is -0.113. The van der Waals surface area contributed by atoms with Crippen molar-refractivity contribution in [1.29, 1.82) is 0 Å². The minimum Gasteiger partial charge on any atom is -0.318 e. The zero-order valence-corrected chi connectivity index (χ0v) is 13.1. The highest BCUT2D eigenvalue weighted by atomic mass is 32.1. The standard InChI is InChI=1S/C16H22N2S/c1-9(2)13-8-19-16(18-13)15(17)14-11(4)6-10(3)7-12(14)5/h6-9,15H,17H2,1-5H3. The zero-order valence-electron chi connectivity index (χ0n) is 12.3. The van der Waals surface area contributed by atoms with Crippen LogP contribution in [0.4, 0.5) is 0 Å². The van der Waals surface area contributed by atoms with Gasteiger partial charge in [0.2, 0.25) is 0 Å². The van der Waals surface area contributed by atoms with Gasteiger partial charge in [0.1, 0.15) is 5.01 Å². The predicted molar refractivity (Wildman–Crippen MR) is 82.9 cm³/mol. The monoisotopic (exact) mass is 274 g/mol. The van der Waals surface area contributed by atoms with Crippen molar-refractivity contribution in [2.75, 3.05) is 0 Å². The fraction of sp³-hybridized carbons (Fsp3) is 0.438. The third-order valence-corrected chi connectivity index (χ3v) is 4.39. The lowest BCUT2D eigenvalue weighted by Gasteiger charge is -2.16. The van der Waals surface area contributed by atoms with Crippen LogP contribution in [0, 0.1) is 20.8 Å². The Morgan fingerprint density at radius 3 is 2.16 bits per heavy atom. The highest BCUT2D eigenvalue weighted by Crippen LogP contribution is 2.30. The SMILES string of the molecule is Cc1cc(C)c(C(N)c2nc(C(C)C)cs2)c(C)c1. The van der Waals surface area contributed by atoms with Gasteiger partial charge in [0.25, 0.3) is 0 Å². The molecule has 1 unspecified atom stereocenters. The molecule has 0 bridgehead atoms. The van der Waals surface area contributed by atoms with Crippen molar-refractivity contribution >= 4 is 11.3 Å². The van der Waals surface area contributed by atoms with E-state index in [1.54, 1.807) is 11.3 Å². The van der Waals surface area contributed by atoms with Crippen LogP contribution in [0.2, 0.25) is 0 Å². The van der Waals surface area contributed by atoms with Gasteiger partial charge < -0.3 is 5.73 Å². The zero-order chi connectivity index (χ0) is 14.2. The molecule has 2 aromatic rings. The molecular formula is C16H22N2S. The molecule has 0 aliphatic heterocycles. The Labute approximate surface area is 119 Å². The number of aryl methyl sites for hydroxylation is 3. The van der Waals surface area contributed by atoms with Crippen LogP contribution in [0.1, 0.15) is 58.8 Å². The average molecular weight is 274 g/mol. The molecule has 0 spiro atoms. The van der Waals surface area contributed by atoms with Crippen molar-refractivity contribution in [1.82, 2.24) is 4.98 Å². The molecule has 3 heteroatoms. The normalized spacial score (nSPS) is 13.0. The smallest absolute Gasteiger partial charge is 0.114 e. The van der Waals surface area contributed by atoms with E-state index in [2.05, 4.69) is 57.1 Å². The van der Waals surface area contributed by atoms with Crippen molar-refractivity contribution in [3.8, 4) is 0 Å². The molecule has 1 heterocycles. The summed E-state index contributed by atoms with van der Waals surface area (Å²) in [6.07, 6.45) is 0. The molecule has 2 N–H and O–H groups in total. The van der Waals surface area contributed by atoms with E-state index >= 15 is 0 Å². The Balaban J connectivity index is 2.41. The molecule has 19 heavy (non-hydrogen) atoms.